The Morgan fingerprint density at radius 2 is 0.931 bits per heavy atom. The number of carboxylic acid groups (broad SMARTS) is 2. The van der Waals surface area contributed by atoms with Crippen LogP contribution < -0.4 is 52.0 Å². The largest absolute Gasteiger partial charge is 0.487 e. The van der Waals surface area contributed by atoms with Crippen LogP contribution in [0.15, 0.2) is 146 Å². The molecule has 8 aromatic rings. The number of ether oxygens (including phenoxy) is 2. The summed E-state index contributed by atoms with van der Waals surface area (Å²) in [5, 5.41) is 64.9. The zero-order valence-corrected chi connectivity index (χ0v) is 67.0. The minimum atomic E-state index is -1.53. The summed E-state index contributed by atoms with van der Waals surface area (Å²) in [6.45, 7) is 13.3. The number of amides is 9. The lowest BCUT2D eigenvalue weighted by Crippen LogP contribution is -2.61. The molecule has 6 aromatic carbocycles. The quantitative estimate of drug-likeness (QED) is 0.0612. The van der Waals surface area contributed by atoms with Crippen LogP contribution in [-0.2, 0) is 91.6 Å². The normalized spacial score (nSPS) is 21.1. The Morgan fingerprint density at radius 1 is 0.534 bits per heavy atom. The number of nitrogens with zero attached hydrogens (tertiary/aromatic N) is 9. The van der Waals surface area contributed by atoms with Gasteiger partial charge in [-0.15, -0.1) is 10.2 Å². The molecule has 12 bridgehead atoms. The molecule has 0 unspecified atom stereocenters. The summed E-state index contributed by atoms with van der Waals surface area (Å²) in [6, 6.07) is 26.0. The van der Waals surface area contributed by atoms with Gasteiger partial charge in [-0.2, -0.15) is 0 Å². The number of hydrogen-bond acceptors (Lipinski definition) is 19. The van der Waals surface area contributed by atoms with Crippen LogP contribution in [0.4, 0.5) is 0 Å². The first-order valence-corrected chi connectivity index (χ1v) is 38.9. The van der Waals surface area contributed by atoms with E-state index in [1.165, 1.54) is 31.1 Å². The predicted octanol–water partition coefficient (Wildman–Crippen LogP) is 4.14. The number of benzene rings is 6. The number of likely N-dealkylation sites (N-methyl/N-ethyl adjacent to an activating group) is 3. The third-order valence-electron chi connectivity index (χ3n) is 21.6. The van der Waals surface area contributed by atoms with Crippen LogP contribution in [0.2, 0.25) is 0 Å². The van der Waals surface area contributed by atoms with E-state index < -0.39 is 155 Å². The van der Waals surface area contributed by atoms with Crippen molar-refractivity contribution in [1.29, 1.82) is 0 Å². The molecule has 2 fully saturated rings. The van der Waals surface area contributed by atoms with Crippen molar-refractivity contribution in [2.75, 3.05) is 40.8 Å². The van der Waals surface area contributed by atoms with Crippen molar-refractivity contribution in [1.82, 2.24) is 87.2 Å². The standard InChI is InChI=1S/C84H103N17O15/c1-48(85-9)73(104)91-71(83(3,4)5)80(111)98-44-60-40-68(98)77(108)87-64(38-52-20-26-54-16-12-14-18-56(54)34-52)75(106)89-66(79(110)97(11)33-32-70(102)103)36-50-22-28-62(29-23-50)115-46-58-42-101(95-93-58)61-41-69(99(45-61)81(112)72(84(6,7)8)92-74(105)49(2)86-10)78(109)88-65(39-53-21-27-55-17-13-15-19-57(55)35-53)76(107)90-67(82(113)114)37-51-24-30-63(31-25-51)116-47-59-43-100(60)96-94-59/h12-31,34-35,42-43,48-49,60-61,64-69,71-72,85-86H,32-33,36-41,44-47H2,1-11H3,(H,87,108)(H,88,109)(H,89,106)(H,90,107)(H,91,104)(H,92,105)(H,102,103)(H,113,114)/t48-,49-,60-,61-,64-,65-,66-,67-,68-,69-,71+,72+/m0/s1. The Morgan fingerprint density at radius 3 is 1.32 bits per heavy atom. The Labute approximate surface area is 671 Å². The lowest BCUT2D eigenvalue weighted by molar-refractivity contribution is -0.145. The summed E-state index contributed by atoms with van der Waals surface area (Å²) >= 11 is 0. The molecule has 14 rings (SSSR count). The molecule has 2 saturated heterocycles. The highest BCUT2D eigenvalue weighted by Gasteiger charge is 2.49. The molecule has 8 heterocycles. The SMILES string of the molecule is CN[C@@H](C)C(=O)N[C@H](C(=O)N1C[C@@H]2C[C@H]1C(=O)N[C@@H](Cc1ccc3ccccc3c1)C(=O)N[C@H](C(=O)O)Cc1ccc(cc1)OCc1cn(nn1)[C@H]1C[C@@H](C(=O)N[C@@H](Cc3ccc4ccccc4c3)C(=O)N[C@H](C(=O)N(C)CCC(=O)O)Cc3ccc(cc3)OCc3cn2nn3)N(C(=O)[C@@H](NC(=O)[C@H](C)NC)C(C)(C)C)C1)C(C)(C)C. The maximum atomic E-state index is 15.5. The van der Waals surface area contributed by atoms with E-state index in [4.69, 9.17) is 9.47 Å². The lowest BCUT2D eigenvalue weighted by Gasteiger charge is -2.36. The van der Waals surface area contributed by atoms with Gasteiger partial charge in [-0.1, -0.05) is 161 Å². The van der Waals surface area contributed by atoms with Gasteiger partial charge in [0.1, 0.15) is 84.4 Å². The number of hydrogen-bond donors (Lipinski definition) is 10. The minimum absolute atomic E-state index is 0.0539. The molecule has 9 amide bonds. The molecular formula is C84H103N17O15. The van der Waals surface area contributed by atoms with Gasteiger partial charge in [0.15, 0.2) is 0 Å². The monoisotopic (exact) mass is 1590 g/mol. The molecule has 0 radical (unpaired) electrons. The number of carbonyl (C=O) groups excluding carboxylic acids is 9. The molecule has 6 aliphatic rings. The maximum absolute atomic E-state index is 15.5. The van der Waals surface area contributed by atoms with E-state index in [9.17, 15) is 39.0 Å². The zero-order chi connectivity index (χ0) is 83.4. The smallest absolute Gasteiger partial charge is 0.326 e. The van der Waals surface area contributed by atoms with Crippen molar-refractivity contribution in [2.45, 2.75) is 186 Å². The second kappa shape index (κ2) is 37.0. The van der Waals surface area contributed by atoms with Gasteiger partial charge in [0.2, 0.25) is 53.2 Å². The van der Waals surface area contributed by atoms with E-state index in [2.05, 4.69) is 63.2 Å². The number of nitrogens with one attached hydrogen (secondary N) is 8. The van der Waals surface area contributed by atoms with Gasteiger partial charge in [0, 0.05) is 65.2 Å². The first-order chi connectivity index (χ1) is 55.2. The molecule has 32 nitrogen and oxygen atoms in total. The van der Waals surface area contributed by atoms with E-state index >= 15 is 24.0 Å². The maximum Gasteiger partial charge on any atom is 0.326 e. The molecule has 0 aliphatic carbocycles. The van der Waals surface area contributed by atoms with Gasteiger partial charge in [0.05, 0.1) is 43.0 Å². The third-order valence-corrected chi connectivity index (χ3v) is 21.6. The van der Waals surface area contributed by atoms with Crippen LogP contribution >= 0.6 is 0 Å². The Kier molecular flexibility index (Phi) is 27.0. The molecule has 2 aromatic heterocycles. The Hall–Kier alpha value is -12.2. The highest BCUT2D eigenvalue weighted by atomic mass is 16.5. The highest BCUT2D eigenvalue weighted by molar-refractivity contribution is 5.99. The van der Waals surface area contributed by atoms with Crippen molar-refractivity contribution in [3.63, 3.8) is 0 Å². The van der Waals surface area contributed by atoms with E-state index in [0.29, 0.717) is 45.1 Å². The average molecular weight is 1590 g/mol. The van der Waals surface area contributed by atoms with Gasteiger partial charge in [-0.25, -0.2) is 14.2 Å². The van der Waals surface area contributed by atoms with Crippen LogP contribution in [0.3, 0.4) is 0 Å². The highest BCUT2D eigenvalue weighted by Crippen LogP contribution is 2.35. The van der Waals surface area contributed by atoms with Crippen LogP contribution in [0.5, 0.6) is 11.5 Å². The molecule has 116 heavy (non-hydrogen) atoms. The number of carbonyl (C=O) groups is 11. The molecule has 32 heteroatoms. The summed E-state index contributed by atoms with van der Waals surface area (Å²) in [5.41, 5.74) is 1.13. The summed E-state index contributed by atoms with van der Waals surface area (Å²) in [6.07, 6.45) is 2.13. The van der Waals surface area contributed by atoms with E-state index in [0.717, 1.165) is 21.5 Å². The number of likely N-dealkylation sites (tertiary alicyclic amines) is 2. The molecule has 12 atom stereocenters. The number of aliphatic carboxylic acids is 2. The molecular weight excluding hydrogens is 1490 g/mol. The van der Waals surface area contributed by atoms with E-state index in [1.807, 2.05) is 84.9 Å². The van der Waals surface area contributed by atoms with Crippen molar-refractivity contribution >= 4 is 86.6 Å². The average Bonchev–Trinajstić information content (AvgIpc) is 1.25. The first kappa shape index (κ1) is 84.7. The zero-order valence-electron chi connectivity index (χ0n) is 67.0. The molecule has 614 valence electrons. The van der Waals surface area contributed by atoms with Crippen molar-refractivity contribution in [3.8, 4) is 11.5 Å². The summed E-state index contributed by atoms with van der Waals surface area (Å²) < 4.78 is 15.5. The second-order valence-electron chi connectivity index (χ2n) is 32.3. The van der Waals surface area contributed by atoms with Crippen molar-refractivity contribution < 1.29 is 72.4 Å². The van der Waals surface area contributed by atoms with Crippen molar-refractivity contribution in [3.05, 3.63) is 179 Å². The number of carboxylic acids is 2. The van der Waals surface area contributed by atoms with E-state index in [-0.39, 0.29) is 71.4 Å². The van der Waals surface area contributed by atoms with E-state index in [1.54, 1.807) is 130 Å². The molecule has 0 saturated carbocycles. The van der Waals surface area contributed by atoms with Crippen LogP contribution in [0.1, 0.15) is 120 Å². The van der Waals surface area contributed by atoms with Crippen LogP contribution in [0, 0.1) is 10.8 Å². The fraction of sp³-hybridized carbons (Fsp3) is 0.440. The van der Waals surface area contributed by atoms with Gasteiger partial charge in [-0.3, -0.25) is 47.9 Å². The lowest BCUT2D eigenvalue weighted by atomic mass is 9.85. The number of aromatic nitrogens is 6. The van der Waals surface area contributed by atoms with Crippen LogP contribution in [0.25, 0.3) is 21.5 Å². The fourth-order valence-electron chi connectivity index (χ4n) is 14.5. The van der Waals surface area contributed by atoms with Crippen molar-refractivity contribution in [2.24, 2.45) is 10.8 Å². The predicted molar refractivity (Wildman–Crippen MR) is 428 cm³/mol. The molecule has 10 N–H and O–H groups in total. The Bertz CT molecular complexity index is 4920. The molecule has 0 spiro atoms. The Balaban J connectivity index is 0.947. The first-order valence-electron chi connectivity index (χ1n) is 38.9. The minimum Gasteiger partial charge on any atom is -0.487 e. The van der Waals surface area contributed by atoms with Gasteiger partial charge in [-0.05, 0) is 107 Å². The summed E-state index contributed by atoms with van der Waals surface area (Å²) in [5.74, 6) is -7.70. The van der Waals surface area contributed by atoms with Gasteiger partial charge < -0.3 is 76.9 Å². The summed E-state index contributed by atoms with van der Waals surface area (Å²) in [7, 11) is 4.64. The molecule has 6 aliphatic heterocycles. The topological polar surface area (TPSA) is 414 Å². The van der Waals surface area contributed by atoms with Gasteiger partial charge >= 0.3 is 11.9 Å². The number of rotatable bonds is 17. The third kappa shape index (κ3) is 21.2. The fourth-order valence-corrected chi connectivity index (χ4v) is 14.5. The van der Waals surface area contributed by atoms with Gasteiger partial charge in [0.25, 0.3) is 0 Å². The second-order valence-corrected chi connectivity index (χ2v) is 32.3. The number of fused-ring (bicyclic) bond motifs is 2. The summed E-state index contributed by atoms with van der Waals surface area (Å²) in [4.78, 5) is 163. The van der Waals surface area contributed by atoms with Crippen LogP contribution in [-0.4, -0.2) is 221 Å².